The summed E-state index contributed by atoms with van der Waals surface area (Å²) in [5.74, 6) is 0.409. The fourth-order valence-electron chi connectivity index (χ4n) is 0.783. The Balaban J connectivity index is 0.000000605. The summed E-state index contributed by atoms with van der Waals surface area (Å²) in [5.41, 5.74) is 6.77. The molecule has 0 bridgehead atoms. The normalized spacial score (nSPS) is 10.4. The molecule has 0 spiro atoms. The van der Waals surface area contributed by atoms with Crippen molar-refractivity contribution in [1.82, 2.24) is 19.9 Å². The van der Waals surface area contributed by atoms with Gasteiger partial charge in [-0.2, -0.15) is 0 Å². The zero-order valence-electron chi connectivity index (χ0n) is 6.07. The van der Waals surface area contributed by atoms with E-state index in [0.29, 0.717) is 17.0 Å². The molecule has 50 valence electrons. The minimum atomic E-state index is 0. The average Bonchev–Trinajstić information content (AvgIpc) is 2.36. The Morgan fingerprint density at radius 2 is 2.30 bits per heavy atom. The highest BCUT2D eigenvalue weighted by molar-refractivity contribution is 5.80. The van der Waals surface area contributed by atoms with E-state index in [1.54, 1.807) is 0 Å². The monoisotopic (exact) mass is 136 g/mol. The van der Waals surface area contributed by atoms with Gasteiger partial charge in [-0.05, 0) is 0 Å². The number of hydrogen-bond donors (Lipinski definition) is 2. The first-order chi connectivity index (χ1) is 4.88. The Hall–Kier alpha value is -1.65. The number of aromatic amines is 1. The number of aromatic nitrogens is 4. The molecule has 2 rings (SSSR count). The van der Waals surface area contributed by atoms with Crippen LogP contribution in [0.2, 0.25) is 0 Å². The second-order valence-electron chi connectivity index (χ2n) is 1.86. The number of nitrogens with one attached hydrogen (secondary N) is 1. The van der Waals surface area contributed by atoms with Gasteiger partial charge in [0, 0.05) is 0 Å². The third kappa shape index (κ3) is 0.540. The standard InChI is InChI=1S/C5H5N5/c6-4-3-5(9-1-7-3)10-2-8-4/h1-2H,(H3,6,7,8,9,10)/p+1. The lowest BCUT2D eigenvalue weighted by Gasteiger charge is -1.88. The van der Waals surface area contributed by atoms with Gasteiger partial charge in [-0.15, -0.1) is 0 Å². The first-order valence-corrected chi connectivity index (χ1v) is 2.77. The number of rotatable bonds is 0. The molecular formula is C5H6N5+. The van der Waals surface area contributed by atoms with Crippen molar-refractivity contribution < 1.29 is 1.43 Å². The smallest absolute Gasteiger partial charge is 0.382 e. The van der Waals surface area contributed by atoms with Crippen molar-refractivity contribution in [3.8, 4) is 0 Å². The van der Waals surface area contributed by atoms with Gasteiger partial charge < -0.3 is 10.7 Å². The Kier molecular flexibility index (Phi) is 0.858. The third-order valence-corrected chi connectivity index (χ3v) is 1.25. The van der Waals surface area contributed by atoms with E-state index in [4.69, 9.17) is 5.73 Å². The molecule has 0 saturated carbocycles. The first kappa shape index (κ1) is 5.16. The van der Waals surface area contributed by atoms with Crippen LogP contribution in [0, 0.1) is 0 Å². The van der Waals surface area contributed by atoms with Crippen molar-refractivity contribution in [3.63, 3.8) is 0 Å². The van der Waals surface area contributed by atoms with Gasteiger partial charge in [0.2, 0.25) is 0 Å². The van der Waals surface area contributed by atoms with Gasteiger partial charge >= 0.3 is 1.43 Å². The molecule has 10 heavy (non-hydrogen) atoms. The van der Waals surface area contributed by atoms with Crippen LogP contribution in [0.25, 0.3) is 11.2 Å². The number of H-pyrrole nitrogens is 1. The van der Waals surface area contributed by atoms with Gasteiger partial charge in [0.1, 0.15) is 11.8 Å². The second kappa shape index (κ2) is 1.66. The van der Waals surface area contributed by atoms with Crippen LogP contribution < -0.4 is 5.73 Å². The highest BCUT2D eigenvalue weighted by Crippen LogP contribution is 2.09. The zero-order chi connectivity index (χ0) is 6.97. The van der Waals surface area contributed by atoms with Crippen LogP contribution in [0.15, 0.2) is 12.7 Å². The maximum Gasteiger partial charge on any atom is 1.00 e. The molecule has 0 radical (unpaired) electrons. The average molecular weight is 136 g/mol. The number of nitrogen functional groups attached to an aromatic ring is 1. The van der Waals surface area contributed by atoms with E-state index < -0.39 is 0 Å². The van der Waals surface area contributed by atoms with Gasteiger partial charge in [-0.1, -0.05) is 0 Å². The molecule has 0 aromatic carbocycles. The maximum absolute atomic E-state index is 5.47. The zero-order valence-corrected chi connectivity index (χ0v) is 5.07. The summed E-state index contributed by atoms with van der Waals surface area (Å²) in [6.45, 7) is 0. The van der Waals surface area contributed by atoms with Gasteiger partial charge in [0.15, 0.2) is 11.5 Å². The van der Waals surface area contributed by atoms with Crippen molar-refractivity contribution in [2.45, 2.75) is 0 Å². The van der Waals surface area contributed by atoms with E-state index in [2.05, 4.69) is 19.9 Å². The summed E-state index contributed by atoms with van der Waals surface area (Å²) in [6.07, 6.45) is 2.94. The van der Waals surface area contributed by atoms with Crippen LogP contribution in [0.1, 0.15) is 1.43 Å². The Morgan fingerprint density at radius 3 is 3.10 bits per heavy atom. The highest BCUT2D eigenvalue weighted by Gasteiger charge is 1.99. The minimum Gasteiger partial charge on any atom is -0.382 e. The molecule has 0 saturated heterocycles. The molecule has 5 nitrogen and oxygen atoms in total. The van der Waals surface area contributed by atoms with E-state index in [1.807, 2.05) is 0 Å². The molecule has 0 aliphatic heterocycles. The van der Waals surface area contributed by atoms with E-state index in [1.165, 1.54) is 12.7 Å². The Bertz CT molecular complexity index is 356. The van der Waals surface area contributed by atoms with Crippen LogP contribution in [0.4, 0.5) is 5.82 Å². The summed E-state index contributed by atoms with van der Waals surface area (Å²) in [7, 11) is 0. The Morgan fingerprint density at radius 1 is 1.40 bits per heavy atom. The molecule has 0 amide bonds. The van der Waals surface area contributed by atoms with Crippen LogP contribution in [0.5, 0.6) is 0 Å². The number of imidazole rings is 1. The molecule has 0 unspecified atom stereocenters. The van der Waals surface area contributed by atoms with E-state index in [-0.39, 0.29) is 1.43 Å². The van der Waals surface area contributed by atoms with Gasteiger partial charge in [0.25, 0.3) is 0 Å². The predicted octanol–water partition coefficient (Wildman–Crippen LogP) is 0.0476. The van der Waals surface area contributed by atoms with Gasteiger partial charge in [-0.25, -0.2) is 15.0 Å². The lowest BCUT2D eigenvalue weighted by molar-refractivity contribution is 1.21. The number of nitrogens with zero attached hydrogens (tertiary/aromatic N) is 3. The molecule has 0 atom stereocenters. The number of anilines is 1. The fourth-order valence-corrected chi connectivity index (χ4v) is 0.783. The van der Waals surface area contributed by atoms with Crippen molar-refractivity contribution in [3.05, 3.63) is 12.7 Å². The SMILES string of the molecule is Nc1ncnc2[nH]cnc12.[H+]. The van der Waals surface area contributed by atoms with Crippen LogP contribution >= 0.6 is 0 Å². The molecular weight excluding hydrogens is 130 g/mol. The van der Waals surface area contributed by atoms with Crippen LogP contribution in [0.3, 0.4) is 0 Å². The summed E-state index contributed by atoms with van der Waals surface area (Å²) in [5, 5.41) is 0. The largest absolute Gasteiger partial charge is 1.00 e. The molecule has 2 heterocycles. The number of nitrogens with two attached hydrogens (primary N) is 1. The number of hydrogen-bond acceptors (Lipinski definition) is 4. The molecule has 5 heteroatoms. The highest BCUT2D eigenvalue weighted by atomic mass is 15.0. The summed E-state index contributed by atoms with van der Waals surface area (Å²) < 4.78 is 0. The van der Waals surface area contributed by atoms with Crippen molar-refractivity contribution in [2.75, 3.05) is 5.73 Å². The third-order valence-electron chi connectivity index (χ3n) is 1.25. The van der Waals surface area contributed by atoms with Gasteiger partial charge in [0.05, 0.1) is 6.33 Å². The molecule has 0 aliphatic carbocycles. The Labute approximate surface area is 57.8 Å². The topological polar surface area (TPSA) is 80.5 Å². The maximum atomic E-state index is 5.47. The quantitative estimate of drug-likeness (QED) is 0.536. The minimum absolute atomic E-state index is 0. The summed E-state index contributed by atoms with van der Waals surface area (Å²) >= 11 is 0. The van der Waals surface area contributed by atoms with E-state index in [0.717, 1.165) is 0 Å². The molecule has 0 aliphatic rings. The first-order valence-electron chi connectivity index (χ1n) is 2.77. The summed E-state index contributed by atoms with van der Waals surface area (Å²) in [6, 6.07) is 0. The van der Waals surface area contributed by atoms with Gasteiger partial charge in [-0.3, -0.25) is 0 Å². The van der Waals surface area contributed by atoms with Crippen molar-refractivity contribution >= 4 is 17.0 Å². The predicted molar refractivity (Wildman–Crippen MR) is 37.2 cm³/mol. The fraction of sp³-hybridized carbons (Fsp3) is 0. The van der Waals surface area contributed by atoms with E-state index in [9.17, 15) is 0 Å². The van der Waals surface area contributed by atoms with Crippen molar-refractivity contribution in [1.29, 1.82) is 0 Å². The molecule has 0 fully saturated rings. The number of fused-ring (bicyclic) bond motifs is 1. The molecule has 2 aromatic rings. The summed E-state index contributed by atoms with van der Waals surface area (Å²) in [4.78, 5) is 14.4. The lowest BCUT2D eigenvalue weighted by Crippen LogP contribution is -1.91. The second-order valence-corrected chi connectivity index (χ2v) is 1.86. The van der Waals surface area contributed by atoms with Crippen LogP contribution in [-0.4, -0.2) is 19.9 Å². The lowest BCUT2D eigenvalue weighted by atomic mass is 10.5. The van der Waals surface area contributed by atoms with Crippen molar-refractivity contribution in [2.24, 2.45) is 0 Å². The van der Waals surface area contributed by atoms with E-state index >= 15 is 0 Å². The molecule has 2 aromatic heterocycles. The molecule has 3 N–H and O–H groups in total. The van der Waals surface area contributed by atoms with Crippen LogP contribution in [-0.2, 0) is 0 Å².